The van der Waals surface area contributed by atoms with Crippen molar-refractivity contribution >= 4 is 31.4 Å². The molecule has 2 rings (SSSR count). The third-order valence-corrected chi connectivity index (χ3v) is 8.01. The molecule has 2 aromatic carbocycles. The molecule has 0 aliphatic heterocycles. The molecular weight excluding hydrogens is 396 g/mol. The van der Waals surface area contributed by atoms with E-state index in [0.717, 1.165) is 16.8 Å². The van der Waals surface area contributed by atoms with Crippen molar-refractivity contribution in [3.63, 3.8) is 0 Å². The minimum atomic E-state index is -2.49. The van der Waals surface area contributed by atoms with Crippen molar-refractivity contribution < 1.29 is 24.2 Å². The quantitative estimate of drug-likeness (QED) is 0.567. The lowest BCUT2D eigenvalue weighted by Gasteiger charge is -2.43. The number of carbonyl (C=O) groups is 2. The highest BCUT2D eigenvalue weighted by Crippen LogP contribution is 2.41. The first kappa shape index (κ1) is 23.8. The maximum Gasteiger partial charge on any atom is 0.335 e. The van der Waals surface area contributed by atoms with Crippen LogP contribution in [0.4, 0.5) is 0 Å². The van der Waals surface area contributed by atoms with Crippen molar-refractivity contribution in [1.29, 1.82) is 0 Å². The van der Waals surface area contributed by atoms with E-state index in [0.29, 0.717) is 6.42 Å². The van der Waals surface area contributed by atoms with Crippen LogP contribution in [0.15, 0.2) is 60.7 Å². The molecular formula is C24H32O5Si. The minimum Gasteiger partial charge on any atom is -0.481 e. The minimum absolute atomic E-state index is 0.149. The molecule has 0 saturated heterocycles. The molecule has 0 saturated carbocycles. The normalized spacial score (nSPS) is 14.8. The van der Waals surface area contributed by atoms with Crippen LogP contribution in [-0.2, 0) is 14.0 Å². The summed E-state index contributed by atoms with van der Waals surface area (Å²) < 4.78 is 6.58. The highest BCUT2D eigenvalue weighted by Gasteiger charge is 2.56. The predicted octanol–water partition coefficient (Wildman–Crippen LogP) is 3.30. The van der Waals surface area contributed by atoms with Crippen LogP contribution < -0.4 is 10.4 Å². The van der Waals surface area contributed by atoms with Gasteiger partial charge in [-0.05, 0) is 22.2 Å². The predicted molar refractivity (Wildman–Crippen MR) is 121 cm³/mol. The number of rotatable bonds is 10. The number of carboxylic acids is 2. The summed E-state index contributed by atoms with van der Waals surface area (Å²) in [6, 6.07) is 19.1. The highest BCUT2D eigenvalue weighted by atomic mass is 28.3. The molecule has 0 aliphatic carbocycles. The SMILES string of the molecule is CCCCC(O[SiH](c1ccccc1)c1ccccc1)(C(=O)O)C(C(=O)O)C(C)(C)C. The third-order valence-electron chi connectivity index (χ3n) is 5.38. The molecule has 0 aromatic heterocycles. The fraction of sp³-hybridized carbons (Fsp3) is 0.417. The van der Waals surface area contributed by atoms with Gasteiger partial charge in [0.15, 0.2) is 5.60 Å². The topological polar surface area (TPSA) is 83.8 Å². The molecule has 0 heterocycles. The Balaban J connectivity index is 2.68. The summed E-state index contributed by atoms with van der Waals surface area (Å²) in [6.45, 7) is 7.25. The summed E-state index contributed by atoms with van der Waals surface area (Å²) in [6.07, 6.45) is 1.46. The molecule has 162 valence electrons. The highest BCUT2D eigenvalue weighted by molar-refractivity contribution is 6.80. The second-order valence-electron chi connectivity index (χ2n) is 8.75. The molecule has 2 atom stereocenters. The molecule has 30 heavy (non-hydrogen) atoms. The molecule has 0 fully saturated rings. The van der Waals surface area contributed by atoms with Crippen LogP contribution in [0.25, 0.3) is 0 Å². The van der Waals surface area contributed by atoms with Gasteiger partial charge in [0.05, 0.1) is 0 Å². The van der Waals surface area contributed by atoms with Gasteiger partial charge in [-0.15, -0.1) is 0 Å². The van der Waals surface area contributed by atoms with Gasteiger partial charge in [-0.3, -0.25) is 4.79 Å². The Morgan fingerprint density at radius 2 is 1.40 bits per heavy atom. The lowest BCUT2D eigenvalue weighted by Crippen LogP contribution is -2.62. The summed E-state index contributed by atoms with van der Waals surface area (Å²) in [5.41, 5.74) is -2.62. The van der Waals surface area contributed by atoms with Gasteiger partial charge in [0, 0.05) is 0 Å². The zero-order valence-electron chi connectivity index (χ0n) is 18.2. The van der Waals surface area contributed by atoms with Crippen molar-refractivity contribution in [2.75, 3.05) is 0 Å². The first-order valence-electron chi connectivity index (χ1n) is 10.4. The van der Waals surface area contributed by atoms with Gasteiger partial charge in [0.25, 0.3) is 0 Å². The summed E-state index contributed by atoms with van der Waals surface area (Å²) in [5.74, 6) is -3.55. The van der Waals surface area contributed by atoms with E-state index in [4.69, 9.17) is 4.43 Å². The van der Waals surface area contributed by atoms with Crippen molar-refractivity contribution in [3.05, 3.63) is 60.7 Å². The van der Waals surface area contributed by atoms with E-state index in [1.54, 1.807) is 20.8 Å². The van der Waals surface area contributed by atoms with Crippen molar-refractivity contribution in [3.8, 4) is 0 Å². The maximum atomic E-state index is 12.8. The Bertz CT molecular complexity index is 792. The molecule has 0 amide bonds. The Kier molecular flexibility index (Phi) is 7.98. The number of unbranched alkanes of at least 4 members (excludes halogenated alkanes) is 1. The zero-order chi connectivity index (χ0) is 22.4. The molecule has 2 aromatic rings. The number of hydrogen-bond donors (Lipinski definition) is 2. The Morgan fingerprint density at radius 3 is 1.73 bits per heavy atom. The Labute approximate surface area is 180 Å². The van der Waals surface area contributed by atoms with Gasteiger partial charge in [0.1, 0.15) is 5.92 Å². The standard InChI is InChI=1S/C24H32O5Si/c1-5-6-17-24(22(27)28,20(21(25)26)23(2,3)4)29-30(18-13-9-7-10-14-18)19-15-11-8-12-16-19/h7-16,20,30H,5-6,17H2,1-4H3,(H,25,26)(H,27,28). The summed E-state index contributed by atoms with van der Waals surface area (Å²) >= 11 is 0. The second kappa shape index (κ2) is 10.0. The van der Waals surface area contributed by atoms with Crippen LogP contribution in [0.2, 0.25) is 0 Å². The smallest absolute Gasteiger partial charge is 0.335 e. The first-order chi connectivity index (χ1) is 14.1. The van der Waals surface area contributed by atoms with Gasteiger partial charge in [-0.25, -0.2) is 4.79 Å². The fourth-order valence-electron chi connectivity index (χ4n) is 4.06. The molecule has 0 bridgehead atoms. The monoisotopic (exact) mass is 428 g/mol. The molecule has 6 heteroatoms. The van der Waals surface area contributed by atoms with E-state index in [1.807, 2.05) is 67.6 Å². The van der Waals surface area contributed by atoms with Crippen molar-refractivity contribution in [2.45, 2.75) is 52.6 Å². The van der Waals surface area contributed by atoms with E-state index in [1.165, 1.54) is 0 Å². The van der Waals surface area contributed by atoms with Gasteiger partial charge in [0.2, 0.25) is 9.04 Å². The third kappa shape index (κ3) is 5.37. The van der Waals surface area contributed by atoms with Crippen LogP contribution in [-0.4, -0.2) is 36.8 Å². The average molecular weight is 429 g/mol. The zero-order valence-corrected chi connectivity index (χ0v) is 19.3. The van der Waals surface area contributed by atoms with Gasteiger partial charge >= 0.3 is 11.9 Å². The number of hydrogen-bond acceptors (Lipinski definition) is 3. The maximum absolute atomic E-state index is 12.8. The van der Waals surface area contributed by atoms with Crippen molar-refractivity contribution in [2.24, 2.45) is 11.3 Å². The molecule has 0 aliphatic rings. The number of carboxylic acid groups (broad SMARTS) is 2. The van der Waals surface area contributed by atoms with Gasteiger partial charge in [-0.2, -0.15) is 0 Å². The van der Waals surface area contributed by atoms with Gasteiger partial charge < -0.3 is 14.6 Å². The second-order valence-corrected chi connectivity index (χ2v) is 11.1. The van der Waals surface area contributed by atoms with Crippen LogP contribution in [0.3, 0.4) is 0 Å². The average Bonchev–Trinajstić information content (AvgIpc) is 2.69. The fourth-order valence-corrected chi connectivity index (χ4v) is 6.63. The molecule has 0 radical (unpaired) electrons. The Hall–Kier alpha value is -2.44. The Morgan fingerprint density at radius 1 is 0.933 bits per heavy atom. The molecule has 5 nitrogen and oxygen atoms in total. The number of benzene rings is 2. The van der Waals surface area contributed by atoms with E-state index < -0.39 is 37.9 Å². The van der Waals surface area contributed by atoms with Crippen molar-refractivity contribution in [1.82, 2.24) is 0 Å². The summed E-state index contributed by atoms with van der Waals surface area (Å²) in [7, 11) is -2.49. The lowest BCUT2D eigenvalue weighted by atomic mass is 9.68. The molecule has 0 spiro atoms. The first-order valence-corrected chi connectivity index (χ1v) is 12.0. The van der Waals surface area contributed by atoms with Crippen LogP contribution in [0.5, 0.6) is 0 Å². The molecule has 2 N–H and O–H groups in total. The van der Waals surface area contributed by atoms with Crippen LogP contribution in [0.1, 0.15) is 47.0 Å². The number of aliphatic carboxylic acids is 2. The van der Waals surface area contributed by atoms with Crippen LogP contribution in [0, 0.1) is 11.3 Å². The van der Waals surface area contributed by atoms with Crippen LogP contribution >= 0.6 is 0 Å². The van der Waals surface area contributed by atoms with E-state index >= 15 is 0 Å². The van der Waals surface area contributed by atoms with Gasteiger partial charge in [-0.1, -0.05) is 101 Å². The van der Waals surface area contributed by atoms with E-state index in [-0.39, 0.29) is 6.42 Å². The lowest BCUT2D eigenvalue weighted by molar-refractivity contribution is -0.179. The largest absolute Gasteiger partial charge is 0.481 e. The van der Waals surface area contributed by atoms with E-state index in [2.05, 4.69) is 0 Å². The summed E-state index contributed by atoms with van der Waals surface area (Å²) in [4.78, 5) is 25.1. The van der Waals surface area contributed by atoms with E-state index in [9.17, 15) is 19.8 Å². The summed E-state index contributed by atoms with van der Waals surface area (Å²) in [5, 5.41) is 22.4. The molecule has 2 unspecified atom stereocenters.